The summed E-state index contributed by atoms with van der Waals surface area (Å²) in [6.45, 7) is 15.6. The Labute approximate surface area is 334 Å². The molecule has 6 rings (SSSR count). The molecular weight excluding hydrogens is 677 g/mol. The minimum Gasteiger partial charge on any atom is -0.494 e. The zero-order valence-electron chi connectivity index (χ0n) is 35.5. The molecular formula is C50H74N2O3. The van der Waals surface area contributed by atoms with E-state index in [1.807, 2.05) is 48.5 Å². The predicted octanol–water partition coefficient (Wildman–Crippen LogP) is 15.2. The predicted molar refractivity (Wildman–Crippen MR) is 227 cm³/mol. The highest BCUT2D eigenvalue weighted by Gasteiger charge is 2.59. The van der Waals surface area contributed by atoms with E-state index in [1.165, 1.54) is 96.3 Å². The quantitative estimate of drug-likeness (QED) is 0.0622. The zero-order chi connectivity index (χ0) is 38.8. The van der Waals surface area contributed by atoms with Gasteiger partial charge in [-0.15, -0.1) is 0 Å². The van der Waals surface area contributed by atoms with Gasteiger partial charge in [-0.25, -0.2) is 4.79 Å². The van der Waals surface area contributed by atoms with Crippen molar-refractivity contribution in [3.8, 4) is 5.75 Å². The van der Waals surface area contributed by atoms with Crippen molar-refractivity contribution in [3.63, 3.8) is 0 Å². The van der Waals surface area contributed by atoms with Crippen LogP contribution in [0.1, 0.15) is 174 Å². The summed E-state index contributed by atoms with van der Waals surface area (Å²) in [5.74, 6) is 5.65. The van der Waals surface area contributed by atoms with Crippen molar-refractivity contribution < 1.29 is 14.3 Å². The van der Waals surface area contributed by atoms with Gasteiger partial charge in [0.2, 0.25) is 0 Å². The topological polar surface area (TPSA) is 60.2 Å². The maximum absolute atomic E-state index is 13.3. The summed E-state index contributed by atoms with van der Waals surface area (Å²) in [4.78, 5) is 13.3. The molecule has 0 aliphatic heterocycles. The number of ether oxygens (including phenoxy) is 2. The van der Waals surface area contributed by atoms with Crippen LogP contribution >= 0.6 is 0 Å². The first kappa shape index (κ1) is 41.7. The second kappa shape index (κ2) is 19.5. The van der Waals surface area contributed by atoms with Crippen LogP contribution < -0.4 is 4.74 Å². The molecule has 0 N–H and O–H groups in total. The highest BCUT2D eigenvalue weighted by molar-refractivity contribution is 5.89. The number of rotatable bonds is 19. The van der Waals surface area contributed by atoms with Gasteiger partial charge in [-0.05, 0) is 146 Å². The van der Waals surface area contributed by atoms with Crippen LogP contribution in [-0.4, -0.2) is 18.7 Å². The van der Waals surface area contributed by atoms with E-state index >= 15 is 0 Å². The van der Waals surface area contributed by atoms with Crippen molar-refractivity contribution in [1.29, 1.82) is 0 Å². The fourth-order valence-electron chi connectivity index (χ4n) is 11.8. The van der Waals surface area contributed by atoms with Gasteiger partial charge >= 0.3 is 5.97 Å². The van der Waals surface area contributed by atoms with E-state index in [2.05, 4.69) is 57.8 Å². The van der Waals surface area contributed by atoms with Gasteiger partial charge in [0.15, 0.2) is 0 Å². The average molecular weight is 751 g/mol. The minimum absolute atomic E-state index is 0.0496. The number of unbranched alkanes of at least 4 members (excludes halogenated alkanes) is 7. The SMILES string of the molecule is CCCCCCCCCCOc1ccc(N=Nc2ccc(C(=O)O[C@H]3CC[C@@]4(C)C(=CC[C@H]5[C@@H]6CC[C@H]([C@H](C)CCCC(C)C)[C@@]6(C)CC[C@@H]54)C3)cc2)cc1. The minimum atomic E-state index is -0.234. The van der Waals surface area contributed by atoms with Crippen LogP contribution in [0.2, 0.25) is 0 Å². The Balaban J connectivity index is 0.949. The molecule has 4 aliphatic rings. The molecule has 0 heterocycles. The molecule has 3 fully saturated rings. The van der Waals surface area contributed by atoms with Gasteiger partial charge < -0.3 is 9.47 Å². The lowest BCUT2D eigenvalue weighted by molar-refractivity contribution is -0.0594. The van der Waals surface area contributed by atoms with Crippen molar-refractivity contribution in [2.24, 2.45) is 56.6 Å². The number of carbonyl (C=O) groups is 1. The van der Waals surface area contributed by atoms with Crippen LogP contribution in [0.4, 0.5) is 11.4 Å². The van der Waals surface area contributed by atoms with Gasteiger partial charge in [0, 0.05) is 6.42 Å². The fraction of sp³-hybridized carbons (Fsp3) is 0.700. The number of benzene rings is 2. The Morgan fingerprint density at radius 1 is 0.764 bits per heavy atom. The van der Waals surface area contributed by atoms with Crippen molar-refractivity contribution in [3.05, 3.63) is 65.7 Å². The Morgan fingerprint density at radius 3 is 2.13 bits per heavy atom. The number of carbonyl (C=O) groups excluding carboxylic acids is 1. The van der Waals surface area contributed by atoms with Crippen LogP contribution in [0.5, 0.6) is 5.75 Å². The number of allylic oxidation sites excluding steroid dienone is 1. The largest absolute Gasteiger partial charge is 0.494 e. The third-order valence-electron chi connectivity index (χ3n) is 15.0. The molecule has 2 aromatic rings. The van der Waals surface area contributed by atoms with Crippen LogP contribution in [0, 0.1) is 46.3 Å². The Bertz CT molecular complexity index is 1560. The summed E-state index contributed by atoms with van der Waals surface area (Å²) >= 11 is 0. The number of hydrogen-bond donors (Lipinski definition) is 0. The van der Waals surface area contributed by atoms with E-state index in [0.29, 0.717) is 16.7 Å². The van der Waals surface area contributed by atoms with Gasteiger partial charge in [-0.3, -0.25) is 0 Å². The summed E-state index contributed by atoms with van der Waals surface area (Å²) in [7, 11) is 0. The van der Waals surface area contributed by atoms with Gasteiger partial charge in [0.25, 0.3) is 0 Å². The monoisotopic (exact) mass is 751 g/mol. The van der Waals surface area contributed by atoms with E-state index < -0.39 is 0 Å². The molecule has 0 amide bonds. The van der Waals surface area contributed by atoms with Crippen LogP contribution in [0.25, 0.3) is 0 Å². The maximum atomic E-state index is 13.3. The molecule has 55 heavy (non-hydrogen) atoms. The molecule has 0 aromatic heterocycles. The highest BCUT2D eigenvalue weighted by Crippen LogP contribution is 2.67. The third-order valence-corrected chi connectivity index (χ3v) is 15.0. The Hall–Kier alpha value is -2.95. The molecule has 5 nitrogen and oxygen atoms in total. The van der Waals surface area contributed by atoms with E-state index in [9.17, 15) is 4.79 Å². The van der Waals surface area contributed by atoms with Gasteiger partial charge in [0.1, 0.15) is 11.9 Å². The molecule has 3 saturated carbocycles. The van der Waals surface area contributed by atoms with E-state index in [4.69, 9.17) is 9.47 Å². The van der Waals surface area contributed by atoms with Crippen LogP contribution in [0.3, 0.4) is 0 Å². The molecule has 0 bridgehead atoms. The number of esters is 1. The molecule has 8 atom stereocenters. The van der Waals surface area contributed by atoms with E-state index in [0.717, 1.165) is 79.2 Å². The van der Waals surface area contributed by atoms with Crippen molar-refractivity contribution in [2.45, 2.75) is 170 Å². The van der Waals surface area contributed by atoms with Crippen molar-refractivity contribution >= 4 is 17.3 Å². The van der Waals surface area contributed by atoms with Gasteiger partial charge in [0.05, 0.1) is 23.5 Å². The lowest BCUT2D eigenvalue weighted by Gasteiger charge is -2.58. The summed E-state index contributed by atoms with van der Waals surface area (Å²) in [5.41, 5.74) is 4.38. The fourth-order valence-corrected chi connectivity index (χ4v) is 11.8. The molecule has 0 saturated heterocycles. The summed E-state index contributed by atoms with van der Waals surface area (Å²) in [6, 6.07) is 15.1. The maximum Gasteiger partial charge on any atom is 0.338 e. The second-order valence-corrected chi connectivity index (χ2v) is 19.1. The normalized spacial score (nSPS) is 29.4. The second-order valence-electron chi connectivity index (χ2n) is 19.1. The van der Waals surface area contributed by atoms with Crippen molar-refractivity contribution in [1.82, 2.24) is 0 Å². The smallest absolute Gasteiger partial charge is 0.338 e. The Morgan fingerprint density at radius 2 is 1.44 bits per heavy atom. The first-order valence-electron chi connectivity index (χ1n) is 22.8. The Kier molecular flexibility index (Phi) is 14.8. The van der Waals surface area contributed by atoms with Crippen LogP contribution in [0.15, 0.2) is 70.4 Å². The first-order valence-corrected chi connectivity index (χ1v) is 22.8. The summed E-state index contributed by atoms with van der Waals surface area (Å²) in [5, 5.41) is 8.82. The summed E-state index contributed by atoms with van der Waals surface area (Å²) < 4.78 is 12.1. The average Bonchev–Trinajstić information content (AvgIpc) is 3.54. The number of nitrogens with zero attached hydrogens (tertiary/aromatic N) is 2. The van der Waals surface area contributed by atoms with Crippen LogP contribution in [-0.2, 0) is 4.74 Å². The molecule has 0 unspecified atom stereocenters. The standard InChI is InChI=1S/C50H74N2O3/c1-7-8-9-10-11-12-13-14-34-54-42-25-23-41(24-26-42)52-51-40-21-18-38(19-22-40)48(53)55-43-30-32-49(5)39(35-43)20-27-44-46-29-28-45(37(4)17-15-16-36(2)3)50(46,6)33-31-47(44)49/h18-26,36-37,43-47H,7-17,27-35H2,1-6H3/t37-,43+,44+,45-,46+,47+,49+,50-/m1/s1. The molecule has 0 spiro atoms. The molecule has 5 heteroatoms. The summed E-state index contributed by atoms with van der Waals surface area (Å²) in [6.07, 6.45) is 26.9. The van der Waals surface area contributed by atoms with E-state index in [1.54, 1.807) is 5.57 Å². The molecule has 4 aliphatic carbocycles. The van der Waals surface area contributed by atoms with Gasteiger partial charge in [-0.1, -0.05) is 117 Å². The molecule has 0 radical (unpaired) electrons. The zero-order valence-corrected chi connectivity index (χ0v) is 35.5. The lowest BCUT2D eigenvalue weighted by Crippen LogP contribution is -2.51. The third kappa shape index (κ3) is 10.3. The highest BCUT2D eigenvalue weighted by atomic mass is 16.5. The molecule has 2 aromatic carbocycles. The first-order chi connectivity index (χ1) is 26.6. The number of azo groups is 1. The van der Waals surface area contributed by atoms with Crippen molar-refractivity contribution in [2.75, 3.05) is 6.61 Å². The van der Waals surface area contributed by atoms with Gasteiger partial charge in [-0.2, -0.15) is 10.2 Å². The number of fused-ring (bicyclic) bond motifs is 5. The number of hydrogen-bond acceptors (Lipinski definition) is 5. The van der Waals surface area contributed by atoms with E-state index in [-0.39, 0.29) is 17.5 Å². The molecule has 302 valence electrons. The lowest BCUT2D eigenvalue weighted by atomic mass is 9.47.